The third kappa shape index (κ3) is 2.53. The van der Waals surface area contributed by atoms with Crippen LogP contribution >= 0.6 is 11.6 Å². The highest BCUT2D eigenvalue weighted by atomic mass is 35.5. The molecule has 0 aliphatic carbocycles. The largest absolute Gasteiger partial charge is 0.486 e. The van der Waals surface area contributed by atoms with Gasteiger partial charge in [-0.05, 0) is 36.8 Å². The minimum Gasteiger partial charge on any atom is -0.486 e. The van der Waals surface area contributed by atoms with Crippen molar-refractivity contribution in [2.24, 2.45) is 0 Å². The number of carbonyl (C=O) groups excluding carboxylic acids is 2. The number of nitrogens with one attached hydrogen (secondary N) is 1. The molecule has 2 aromatic carbocycles. The molecule has 0 saturated heterocycles. The highest BCUT2D eigenvalue weighted by Gasteiger charge is 2.48. The van der Waals surface area contributed by atoms with Crippen molar-refractivity contribution >= 4 is 29.0 Å². The number of fused-ring (bicyclic) bond motifs is 2. The lowest BCUT2D eigenvalue weighted by Crippen LogP contribution is -2.36. The molecule has 2 aromatic rings. The Bertz CT molecular complexity index is 942. The molecular weight excluding hydrogens is 358 g/mol. The number of ether oxygens (including phenoxy) is 2. The predicted octanol–water partition coefficient (Wildman–Crippen LogP) is 2.83. The maximum atomic E-state index is 12.8. The molecule has 0 bridgehead atoms. The van der Waals surface area contributed by atoms with Gasteiger partial charge in [-0.3, -0.25) is 9.59 Å². The van der Waals surface area contributed by atoms with Crippen LogP contribution in [0.1, 0.15) is 27.9 Å². The van der Waals surface area contributed by atoms with Crippen LogP contribution in [0.3, 0.4) is 0 Å². The number of halogens is 1. The van der Waals surface area contributed by atoms with Crippen LogP contribution < -0.4 is 14.8 Å². The van der Waals surface area contributed by atoms with E-state index in [1.807, 2.05) is 0 Å². The summed E-state index contributed by atoms with van der Waals surface area (Å²) < 4.78 is 10.9. The summed E-state index contributed by atoms with van der Waals surface area (Å²) in [5.74, 6) is -0.0204. The number of hydrogen-bond donors (Lipinski definition) is 2. The Morgan fingerprint density at radius 2 is 1.96 bits per heavy atom. The number of benzene rings is 2. The molecule has 2 heterocycles. The Labute approximate surface area is 154 Å². The summed E-state index contributed by atoms with van der Waals surface area (Å²) in [6.45, 7) is 2.65. The molecular formula is C19H16ClNO5. The summed E-state index contributed by atoms with van der Waals surface area (Å²) >= 11 is 6.22. The predicted molar refractivity (Wildman–Crippen MR) is 95.1 cm³/mol. The van der Waals surface area contributed by atoms with E-state index in [9.17, 15) is 14.7 Å². The van der Waals surface area contributed by atoms with Crippen molar-refractivity contribution in [3.63, 3.8) is 0 Å². The first-order valence-corrected chi connectivity index (χ1v) is 8.54. The van der Waals surface area contributed by atoms with Crippen molar-refractivity contribution in [3.8, 4) is 11.5 Å². The summed E-state index contributed by atoms with van der Waals surface area (Å²) in [6.07, 6.45) is -0.422. The van der Waals surface area contributed by atoms with Gasteiger partial charge in [0.15, 0.2) is 22.9 Å². The number of aryl methyl sites for hydroxylation is 1. The van der Waals surface area contributed by atoms with Gasteiger partial charge in [0.05, 0.1) is 12.1 Å². The van der Waals surface area contributed by atoms with Gasteiger partial charge in [-0.1, -0.05) is 17.7 Å². The molecule has 2 aliphatic heterocycles. The SMILES string of the molecule is Cc1ccc(Cl)c2c1NC(=O)[C@]2(O)CC(=O)c1ccc2c(c1)OCCO2. The Morgan fingerprint density at radius 3 is 2.73 bits per heavy atom. The third-order valence-corrected chi connectivity index (χ3v) is 4.99. The Morgan fingerprint density at radius 1 is 1.23 bits per heavy atom. The van der Waals surface area contributed by atoms with Crippen LogP contribution in [0.25, 0.3) is 0 Å². The van der Waals surface area contributed by atoms with E-state index in [2.05, 4.69) is 5.32 Å². The zero-order chi connectivity index (χ0) is 18.5. The molecule has 26 heavy (non-hydrogen) atoms. The van der Waals surface area contributed by atoms with Crippen LogP contribution in [0.5, 0.6) is 11.5 Å². The van der Waals surface area contributed by atoms with Crippen molar-refractivity contribution < 1.29 is 24.2 Å². The van der Waals surface area contributed by atoms with E-state index in [1.165, 1.54) is 0 Å². The number of carbonyl (C=O) groups is 2. The topological polar surface area (TPSA) is 84.9 Å². The van der Waals surface area contributed by atoms with E-state index in [4.69, 9.17) is 21.1 Å². The molecule has 1 amide bonds. The fourth-order valence-electron chi connectivity index (χ4n) is 3.30. The van der Waals surface area contributed by atoms with Crippen molar-refractivity contribution in [3.05, 3.63) is 52.0 Å². The number of aliphatic hydroxyl groups is 1. The average molecular weight is 374 g/mol. The van der Waals surface area contributed by atoms with Gasteiger partial charge in [-0.25, -0.2) is 0 Å². The molecule has 4 rings (SSSR count). The summed E-state index contributed by atoms with van der Waals surface area (Å²) in [5.41, 5.74) is -0.217. The zero-order valence-electron chi connectivity index (χ0n) is 14.0. The fraction of sp³-hybridized carbons (Fsp3) is 0.263. The summed E-state index contributed by atoms with van der Waals surface area (Å²) in [4.78, 5) is 25.2. The second kappa shape index (κ2) is 6.00. The van der Waals surface area contributed by atoms with Crippen molar-refractivity contribution in [2.75, 3.05) is 18.5 Å². The highest BCUT2D eigenvalue weighted by molar-refractivity contribution is 6.33. The molecule has 2 N–H and O–H groups in total. The zero-order valence-corrected chi connectivity index (χ0v) is 14.7. The molecule has 0 fully saturated rings. The van der Waals surface area contributed by atoms with Crippen molar-refractivity contribution in [1.82, 2.24) is 0 Å². The maximum Gasteiger partial charge on any atom is 0.261 e. The van der Waals surface area contributed by atoms with Crippen LogP contribution in [0.15, 0.2) is 30.3 Å². The van der Waals surface area contributed by atoms with Crippen molar-refractivity contribution in [1.29, 1.82) is 0 Å². The van der Waals surface area contributed by atoms with Gasteiger partial charge in [-0.15, -0.1) is 0 Å². The Hall–Kier alpha value is -2.57. The van der Waals surface area contributed by atoms with Gasteiger partial charge in [0.2, 0.25) is 0 Å². The first-order chi connectivity index (χ1) is 12.4. The summed E-state index contributed by atoms with van der Waals surface area (Å²) in [5, 5.41) is 13.9. The maximum absolute atomic E-state index is 12.8. The van der Waals surface area contributed by atoms with Crippen LogP contribution in [-0.2, 0) is 10.4 Å². The number of hydrogen-bond acceptors (Lipinski definition) is 5. The molecule has 0 spiro atoms. The van der Waals surface area contributed by atoms with Crippen molar-refractivity contribution in [2.45, 2.75) is 18.9 Å². The fourth-order valence-corrected chi connectivity index (χ4v) is 3.61. The molecule has 0 saturated carbocycles. The molecule has 134 valence electrons. The minimum absolute atomic E-state index is 0.237. The standard InChI is InChI=1S/C19H16ClNO5/c1-10-2-4-12(20)16-17(10)21-18(23)19(16,24)9-13(22)11-3-5-14-15(8-11)26-7-6-25-14/h2-5,8,24H,6-7,9H2,1H3,(H,21,23)/t19-/m0/s1. The quantitative estimate of drug-likeness (QED) is 0.808. The van der Waals surface area contributed by atoms with Gasteiger partial charge in [0.1, 0.15) is 13.2 Å². The van der Waals surface area contributed by atoms with Crippen LogP contribution in [0.2, 0.25) is 5.02 Å². The van der Waals surface area contributed by atoms with Gasteiger partial charge in [0.25, 0.3) is 5.91 Å². The van der Waals surface area contributed by atoms with E-state index in [0.717, 1.165) is 5.56 Å². The van der Waals surface area contributed by atoms with Crippen LogP contribution in [0, 0.1) is 6.92 Å². The van der Waals surface area contributed by atoms with E-state index in [-0.39, 0.29) is 10.6 Å². The summed E-state index contributed by atoms with van der Waals surface area (Å²) in [7, 11) is 0. The Kier molecular flexibility index (Phi) is 3.89. The second-order valence-electron chi connectivity index (χ2n) is 6.39. The van der Waals surface area contributed by atoms with E-state index in [0.29, 0.717) is 36.0 Å². The van der Waals surface area contributed by atoms with E-state index < -0.39 is 23.7 Å². The van der Waals surface area contributed by atoms with Crippen LogP contribution in [-0.4, -0.2) is 30.0 Å². The molecule has 0 unspecified atom stereocenters. The van der Waals surface area contributed by atoms with Gasteiger partial charge >= 0.3 is 0 Å². The number of Topliss-reactive ketones (excluding diaryl/α,β-unsaturated/α-hetero) is 1. The van der Waals surface area contributed by atoms with E-state index in [1.54, 1.807) is 37.3 Å². The third-order valence-electron chi connectivity index (χ3n) is 4.67. The molecule has 0 radical (unpaired) electrons. The number of rotatable bonds is 3. The van der Waals surface area contributed by atoms with Gasteiger partial charge in [0, 0.05) is 16.1 Å². The van der Waals surface area contributed by atoms with Gasteiger partial charge < -0.3 is 19.9 Å². The number of amides is 1. The molecule has 2 aliphatic rings. The molecule has 0 aromatic heterocycles. The number of anilines is 1. The number of ketones is 1. The Balaban J connectivity index is 1.68. The normalized spacial score (nSPS) is 20.5. The first-order valence-electron chi connectivity index (χ1n) is 8.16. The summed E-state index contributed by atoms with van der Waals surface area (Å²) in [6, 6.07) is 8.15. The second-order valence-corrected chi connectivity index (χ2v) is 6.79. The molecule has 7 heteroatoms. The average Bonchev–Trinajstić information content (AvgIpc) is 2.90. The molecule has 1 atom stereocenters. The lowest BCUT2D eigenvalue weighted by Gasteiger charge is -2.22. The van der Waals surface area contributed by atoms with Gasteiger partial charge in [-0.2, -0.15) is 0 Å². The lowest BCUT2D eigenvalue weighted by molar-refractivity contribution is -0.133. The first kappa shape index (κ1) is 16.9. The smallest absolute Gasteiger partial charge is 0.261 e. The lowest BCUT2D eigenvalue weighted by atomic mass is 9.87. The van der Waals surface area contributed by atoms with Crippen LogP contribution in [0.4, 0.5) is 5.69 Å². The monoisotopic (exact) mass is 373 g/mol. The minimum atomic E-state index is -2.01. The van der Waals surface area contributed by atoms with E-state index >= 15 is 0 Å². The molecule has 6 nitrogen and oxygen atoms in total. The highest BCUT2D eigenvalue weighted by Crippen LogP contribution is 2.45.